The third-order valence-corrected chi connectivity index (χ3v) is 3.34. The molecule has 6 nitrogen and oxygen atoms in total. The van der Waals surface area contributed by atoms with Gasteiger partial charge in [0.1, 0.15) is 5.75 Å². The maximum atomic E-state index is 12.0. The normalized spacial score (nSPS) is 9.92. The molecule has 0 unspecified atom stereocenters. The Morgan fingerprint density at radius 3 is 2.42 bits per heavy atom. The van der Waals surface area contributed by atoms with Crippen molar-refractivity contribution in [3.8, 4) is 5.75 Å². The second-order valence-electron chi connectivity index (χ2n) is 5.03. The van der Waals surface area contributed by atoms with E-state index in [1.165, 1.54) is 7.11 Å². The number of amides is 1. The number of benzene rings is 2. The molecular weight excluding hydrogens is 308 g/mol. The molecule has 0 radical (unpaired) electrons. The van der Waals surface area contributed by atoms with E-state index in [1.807, 2.05) is 24.3 Å². The molecular formula is C18H20N2O4. The largest absolute Gasteiger partial charge is 0.497 e. The van der Waals surface area contributed by atoms with E-state index < -0.39 is 5.97 Å². The molecule has 2 rings (SSSR count). The van der Waals surface area contributed by atoms with E-state index >= 15 is 0 Å². The number of methoxy groups -OCH3 is 2. The Morgan fingerprint density at radius 1 is 1.00 bits per heavy atom. The molecule has 0 heterocycles. The lowest BCUT2D eigenvalue weighted by atomic mass is 10.2. The second kappa shape index (κ2) is 8.57. The second-order valence-corrected chi connectivity index (χ2v) is 5.03. The van der Waals surface area contributed by atoms with Crippen LogP contribution in [0.25, 0.3) is 0 Å². The first-order chi connectivity index (χ1) is 11.6. The van der Waals surface area contributed by atoms with Gasteiger partial charge in [-0.15, -0.1) is 0 Å². The number of hydrogen-bond donors (Lipinski definition) is 2. The maximum absolute atomic E-state index is 12.0. The zero-order valence-corrected chi connectivity index (χ0v) is 13.7. The van der Waals surface area contributed by atoms with E-state index in [9.17, 15) is 9.59 Å². The molecule has 0 aliphatic rings. The predicted octanol–water partition coefficient (Wildman–Crippen LogP) is 2.92. The van der Waals surface area contributed by atoms with Gasteiger partial charge in [0, 0.05) is 24.3 Å². The summed E-state index contributed by atoms with van der Waals surface area (Å²) in [5, 5.41) is 5.92. The highest BCUT2D eigenvalue weighted by molar-refractivity contribution is 5.94. The molecule has 0 atom stereocenters. The molecule has 24 heavy (non-hydrogen) atoms. The first kappa shape index (κ1) is 17.3. The van der Waals surface area contributed by atoms with Gasteiger partial charge in [-0.3, -0.25) is 4.79 Å². The molecule has 6 heteroatoms. The van der Waals surface area contributed by atoms with Gasteiger partial charge in [-0.1, -0.05) is 6.07 Å². The van der Waals surface area contributed by atoms with Crippen molar-refractivity contribution in [3.05, 3.63) is 54.1 Å². The zero-order chi connectivity index (χ0) is 17.4. The fraction of sp³-hybridized carbons (Fsp3) is 0.222. The Kier molecular flexibility index (Phi) is 6.19. The van der Waals surface area contributed by atoms with Gasteiger partial charge in [-0.2, -0.15) is 0 Å². The van der Waals surface area contributed by atoms with Crippen LogP contribution < -0.4 is 15.4 Å². The summed E-state index contributed by atoms with van der Waals surface area (Å²) in [6.45, 7) is 0.495. The Bertz CT molecular complexity index is 698. The third kappa shape index (κ3) is 5.01. The lowest BCUT2D eigenvalue weighted by molar-refractivity contribution is -0.115. The van der Waals surface area contributed by atoms with E-state index in [-0.39, 0.29) is 5.91 Å². The van der Waals surface area contributed by atoms with Crippen molar-refractivity contribution in [2.75, 3.05) is 31.4 Å². The summed E-state index contributed by atoms with van der Waals surface area (Å²) in [4.78, 5) is 23.4. The highest BCUT2D eigenvalue weighted by atomic mass is 16.5. The molecule has 0 bridgehead atoms. The number of nitrogens with one attached hydrogen (secondary N) is 2. The number of carbonyl (C=O) groups excluding carboxylic acids is 2. The lowest BCUT2D eigenvalue weighted by Crippen LogP contribution is -2.16. The highest BCUT2D eigenvalue weighted by Crippen LogP contribution is 2.15. The Balaban J connectivity index is 1.81. The summed E-state index contributed by atoms with van der Waals surface area (Å²) < 4.78 is 9.74. The van der Waals surface area contributed by atoms with Crippen LogP contribution >= 0.6 is 0 Å². The van der Waals surface area contributed by atoms with Crippen LogP contribution in [0.5, 0.6) is 5.75 Å². The van der Waals surface area contributed by atoms with Crippen LogP contribution in [0.15, 0.2) is 48.5 Å². The Hall–Kier alpha value is -3.02. The Labute approximate surface area is 140 Å². The summed E-state index contributed by atoms with van der Waals surface area (Å²) in [5.41, 5.74) is 1.87. The van der Waals surface area contributed by atoms with Gasteiger partial charge in [0.15, 0.2) is 0 Å². The van der Waals surface area contributed by atoms with Crippen molar-refractivity contribution in [3.63, 3.8) is 0 Å². The van der Waals surface area contributed by atoms with Crippen molar-refractivity contribution < 1.29 is 19.1 Å². The smallest absolute Gasteiger partial charge is 0.337 e. The molecule has 1 amide bonds. The maximum Gasteiger partial charge on any atom is 0.337 e. The van der Waals surface area contributed by atoms with Crippen LogP contribution in [0.1, 0.15) is 16.8 Å². The van der Waals surface area contributed by atoms with Gasteiger partial charge in [0.25, 0.3) is 0 Å². The van der Waals surface area contributed by atoms with Gasteiger partial charge in [-0.25, -0.2) is 4.79 Å². The predicted molar refractivity (Wildman–Crippen MR) is 92.5 cm³/mol. The first-order valence-corrected chi connectivity index (χ1v) is 7.48. The van der Waals surface area contributed by atoms with E-state index in [1.54, 1.807) is 31.4 Å². The van der Waals surface area contributed by atoms with Crippen molar-refractivity contribution in [1.82, 2.24) is 0 Å². The molecule has 126 valence electrons. The average Bonchev–Trinajstić information content (AvgIpc) is 2.61. The molecule has 0 saturated carbocycles. The molecule has 2 N–H and O–H groups in total. The number of carbonyl (C=O) groups is 2. The zero-order valence-electron chi connectivity index (χ0n) is 13.7. The van der Waals surface area contributed by atoms with Crippen LogP contribution in [-0.2, 0) is 9.53 Å². The molecule has 0 aliphatic carbocycles. The highest BCUT2D eigenvalue weighted by Gasteiger charge is 2.07. The fourth-order valence-corrected chi connectivity index (χ4v) is 2.09. The number of ether oxygens (including phenoxy) is 2. The van der Waals surface area contributed by atoms with Crippen molar-refractivity contribution in [2.45, 2.75) is 6.42 Å². The summed E-state index contributed by atoms with van der Waals surface area (Å²) in [7, 11) is 2.93. The standard InChI is InChI=1S/C18H20N2O4/c1-23-16-8-6-14(7-9-16)19-11-10-17(21)20-15-5-3-4-13(12-15)18(22)24-2/h3-9,12,19H,10-11H2,1-2H3,(H,20,21). The van der Waals surface area contributed by atoms with E-state index in [2.05, 4.69) is 15.4 Å². The minimum absolute atomic E-state index is 0.141. The van der Waals surface area contributed by atoms with E-state index in [0.717, 1.165) is 11.4 Å². The van der Waals surface area contributed by atoms with Gasteiger partial charge < -0.3 is 20.1 Å². The molecule has 2 aromatic rings. The number of hydrogen-bond acceptors (Lipinski definition) is 5. The van der Waals surface area contributed by atoms with Gasteiger partial charge >= 0.3 is 5.97 Å². The fourth-order valence-electron chi connectivity index (χ4n) is 2.09. The SMILES string of the molecule is COC(=O)c1cccc(NC(=O)CCNc2ccc(OC)cc2)c1. The summed E-state index contributed by atoms with van der Waals surface area (Å²) >= 11 is 0. The van der Waals surface area contributed by atoms with E-state index in [0.29, 0.717) is 24.2 Å². The molecule has 0 fully saturated rings. The minimum Gasteiger partial charge on any atom is -0.497 e. The van der Waals surface area contributed by atoms with Crippen molar-refractivity contribution >= 4 is 23.3 Å². The minimum atomic E-state index is -0.438. The molecule has 0 aromatic heterocycles. The summed E-state index contributed by atoms with van der Waals surface area (Å²) in [6.07, 6.45) is 0.300. The van der Waals surface area contributed by atoms with Crippen molar-refractivity contribution in [1.29, 1.82) is 0 Å². The summed E-state index contributed by atoms with van der Waals surface area (Å²) in [6, 6.07) is 14.1. The molecule has 2 aromatic carbocycles. The first-order valence-electron chi connectivity index (χ1n) is 7.48. The van der Waals surface area contributed by atoms with Gasteiger partial charge in [0.2, 0.25) is 5.91 Å². The topological polar surface area (TPSA) is 76.7 Å². The molecule has 0 saturated heterocycles. The van der Waals surface area contributed by atoms with Crippen LogP contribution in [0.4, 0.5) is 11.4 Å². The average molecular weight is 328 g/mol. The number of anilines is 2. The van der Waals surface area contributed by atoms with Crippen LogP contribution in [0.2, 0.25) is 0 Å². The summed E-state index contributed by atoms with van der Waals surface area (Å²) in [5.74, 6) is 0.203. The van der Waals surface area contributed by atoms with Crippen LogP contribution in [-0.4, -0.2) is 32.6 Å². The van der Waals surface area contributed by atoms with Crippen LogP contribution in [0, 0.1) is 0 Å². The number of esters is 1. The quantitative estimate of drug-likeness (QED) is 0.764. The number of rotatable bonds is 7. The van der Waals surface area contributed by atoms with Gasteiger partial charge in [-0.05, 0) is 42.5 Å². The van der Waals surface area contributed by atoms with E-state index in [4.69, 9.17) is 4.74 Å². The lowest BCUT2D eigenvalue weighted by Gasteiger charge is -2.09. The third-order valence-electron chi connectivity index (χ3n) is 3.34. The van der Waals surface area contributed by atoms with Crippen molar-refractivity contribution in [2.24, 2.45) is 0 Å². The Morgan fingerprint density at radius 2 is 1.75 bits per heavy atom. The van der Waals surface area contributed by atoms with Gasteiger partial charge in [0.05, 0.1) is 19.8 Å². The molecule has 0 spiro atoms. The van der Waals surface area contributed by atoms with Crippen LogP contribution in [0.3, 0.4) is 0 Å². The molecule has 0 aliphatic heterocycles. The monoisotopic (exact) mass is 328 g/mol.